The molecule has 0 aromatic heterocycles. The molecule has 1 atom stereocenters. The van der Waals surface area contributed by atoms with Gasteiger partial charge in [-0.25, -0.2) is 5.48 Å². The lowest BCUT2D eigenvalue weighted by atomic mass is 10.1. The molecule has 0 saturated carbocycles. The molecule has 2 N–H and O–H groups in total. The average Bonchev–Trinajstić information content (AvgIpc) is 2.21. The van der Waals surface area contributed by atoms with Gasteiger partial charge in [0.1, 0.15) is 6.10 Å². The first-order valence-electron chi connectivity index (χ1n) is 4.90. The van der Waals surface area contributed by atoms with Crippen LogP contribution in [0.15, 0.2) is 24.3 Å². The van der Waals surface area contributed by atoms with Crippen LogP contribution in [0, 0.1) is 3.57 Å². The molecular weight excluding hydrogens is 321 g/mol. The molecule has 88 valence electrons. The molecule has 5 heteroatoms. The smallest absolute Gasteiger partial charge is 0.302 e. The molecule has 16 heavy (non-hydrogen) atoms. The third-order valence-corrected chi connectivity index (χ3v) is 2.75. The lowest BCUT2D eigenvalue weighted by Gasteiger charge is -2.16. The zero-order chi connectivity index (χ0) is 12.0. The van der Waals surface area contributed by atoms with Crippen molar-refractivity contribution in [1.82, 2.24) is 5.48 Å². The summed E-state index contributed by atoms with van der Waals surface area (Å²) in [6, 6.07) is 7.95. The SMILES string of the molecule is CC(=O)OC(CNO)Cc1ccc(I)cc1. The van der Waals surface area contributed by atoms with Crippen molar-refractivity contribution in [3.8, 4) is 0 Å². The number of halogens is 1. The average molecular weight is 335 g/mol. The summed E-state index contributed by atoms with van der Waals surface area (Å²) in [7, 11) is 0. The second-order valence-corrected chi connectivity index (χ2v) is 4.67. The van der Waals surface area contributed by atoms with Crippen LogP contribution in [0.4, 0.5) is 0 Å². The molecule has 4 nitrogen and oxygen atoms in total. The second kappa shape index (κ2) is 6.82. The number of hydrogen-bond donors (Lipinski definition) is 2. The van der Waals surface area contributed by atoms with Crippen LogP contribution >= 0.6 is 22.6 Å². The molecule has 0 radical (unpaired) electrons. The van der Waals surface area contributed by atoms with E-state index in [0.717, 1.165) is 9.13 Å². The third kappa shape index (κ3) is 4.91. The topological polar surface area (TPSA) is 58.6 Å². The first-order chi connectivity index (χ1) is 7.61. The van der Waals surface area contributed by atoms with E-state index in [1.54, 1.807) is 0 Å². The maximum atomic E-state index is 10.8. The Bertz CT molecular complexity index is 340. The molecule has 0 aliphatic rings. The fraction of sp³-hybridized carbons (Fsp3) is 0.364. The Kier molecular flexibility index (Phi) is 5.72. The van der Waals surface area contributed by atoms with Crippen molar-refractivity contribution >= 4 is 28.6 Å². The van der Waals surface area contributed by atoms with Gasteiger partial charge in [-0.2, -0.15) is 0 Å². The van der Waals surface area contributed by atoms with Crippen LogP contribution in [0.3, 0.4) is 0 Å². The number of hydroxylamine groups is 1. The second-order valence-electron chi connectivity index (χ2n) is 3.42. The molecule has 0 fully saturated rings. The zero-order valence-corrected chi connectivity index (χ0v) is 11.1. The fourth-order valence-electron chi connectivity index (χ4n) is 1.38. The summed E-state index contributed by atoms with van der Waals surface area (Å²) in [6.45, 7) is 1.59. The van der Waals surface area contributed by atoms with Gasteiger partial charge in [-0.15, -0.1) is 0 Å². The molecule has 0 aliphatic carbocycles. The summed E-state index contributed by atoms with van der Waals surface area (Å²) < 4.78 is 6.22. The van der Waals surface area contributed by atoms with Crippen molar-refractivity contribution in [3.05, 3.63) is 33.4 Å². The molecule has 1 aromatic rings. The standard InChI is InChI=1S/C11H14INO3/c1-8(14)16-11(7-13-15)6-9-2-4-10(12)5-3-9/h2-5,11,13,15H,6-7H2,1H3. The summed E-state index contributed by atoms with van der Waals surface area (Å²) >= 11 is 2.23. The van der Waals surface area contributed by atoms with Gasteiger partial charge in [-0.1, -0.05) is 12.1 Å². The van der Waals surface area contributed by atoms with Gasteiger partial charge in [0, 0.05) is 16.9 Å². The Labute approximate surface area is 108 Å². The molecule has 0 saturated heterocycles. The van der Waals surface area contributed by atoms with Gasteiger partial charge in [0.2, 0.25) is 0 Å². The van der Waals surface area contributed by atoms with Crippen LogP contribution < -0.4 is 5.48 Å². The number of hydrogen-bond acceptors (Lipinski definition) is 4. The lowest BCUT2D eigenvalue weighted by Crippen LogP contribution is -2.30. The quantitative estimate of drug-likeness (QED) is 0.489. The Morgan fingerprint density at radius 2 is 2.12 bits per heavy atom. The Morgan fingerprint density at radius 3 is 2.62 bits per heavy atom. The highest BCUT2D eigenvalue weighted by molar-refractivity contribution is 14.1. The molecule has 0 spiro atoms. The van der Waals surface area contributed by atoms with Gasteiger partial charge < -0.3 is 9.94 Å². The number of carbonyl (C=O) groups excluding carboxylic acids is 1. The van der Waals surface area contributed by atoms with Gasteiger partial charge in [-0.3, -0.25) is 4.79 Å². The van der Waals surface area contributed by atoms with E-state index in [1.165, 1.54) is 6.92 Å². The predicted octanol–water partition coefficient (Wildman–Crippen LogP) is 1.74. The molecule has 1 aromatic carbocycles. The van der Waals surface area contributed by atoms with Crippen LogP contribution in [0.25, 0.3) is 0 Å². The van der Waals surface area contributed by atoms with E-state index in [2.05, 4.69) is 22.6 Å². The van der Waals surface area contributed by atoms with Crippen LogP contribution in [0.5, 0.6) is 0 Å². The van der Waals surface area contributed by atoms with E-state index < -0.39 is 0 Å². The van der Waals surface area contributed by atoms with Crippen molar-refractivity contribution in [1.29, 1.82) is 0 Å². The maximum Gasteiger partial charge on any atom is 0.302 e. The summed E-state index contributed by atoms with van der Waals surface area (Å²) in [5, 5.41) is 8.63. The van der Waals surface area contributed by atoms with Crippen LogP contribution in [-0.4, -0.2) is 23.8 Å². The number of ether oxygens (including phenoxy) is 1. The highest BCUT2D eigenvalue weighted by Crippen LogP contribution is 2.10. The number of rotatable bonds is 5. The Morgan fingerprint density at radius 1 is 1.50 bits per heavy atom. The van der Waals surface area contributed by atoms with Crippen LogP contribution in [-0.2, 0) is 16.0 Å². The number of carbonyl (C=O) groups is 1. The largest absolute Gasteiger partial charge is 0.461 e. The van der Waals surface area contributed by atoms with Gasteiger partial charge >= 0.3 is 5.97 Å². The van der Waals surface area contributed by atoms with Crippen molar-refractivity contribution in [3.63, 3.8) is 0 Å². The number of nitrogens with one attached hydrogen (secondary N) is 1. The summed E-state index contributed by atoms with van der Waals surface area (Å²) in [4.78, 5) is 10.8. The van der Waals surface area contributed by atoms with Crippen LogP contribution in [0.1, 0.15) is 12.5 Å². The van der Waals surface area contributed by atoms with Crippen molar-refractivity contribution < 1.29 is 14.7 Å². The van der Waals surface area contributed by atoms with Gasteiger partial charge in [-0.05, 0) is 40.3 Å². The molecular formula is C11H14INO3. The fourth-order valence-corrected chi connectivity index (χ4v) is 1.73. The van der Waals surface area contributed by atoms with E-state index in [1.807, 2.05) is 29.7 Å². The predicted molar refractivity (Wildman–Crippen MR) is 68.2 cm³/mol. The van der Waals surface area contributed by atoms with Crippen molar-refractivity contribution in [2.75, 3.05) is 6.54 Å². The zero-order valence-electron chi connectivity index (χ0n) is 8.94. The minimum absolute atomic E-state index is 0.228. The summed E-state index contributed by atoms with van der Waals surface area (Å²) in [5.74, 6) is -0.342. The van der Waals surface area contributed by atoms with E-state index in [0.29, 0.717) is 6.42 Å². The number of esters is 1. The minimum Gasteiger partial charge on any atom is -0.461 e. The lowest BCUT2D eigenvalue weighted by molar-refractivity contribution is -0.146. The molecule has 0 heterocycles. The highest BCUT2D eigenvalue weighted by atomic mass is 127. The minimum atomic E-state index is -0.345. The molecule has 1 rings (SSSR count). The Hall–Kier alpha value is -0.660. The summed E-state index contributed by atoms with van der Waals surface area (Å²) in [5.41, 5.74) is 3.10. The molecule has 0 aliphatic heterocycles. The molecule has 0 bridgehead atoms. The van der Waals surface area contributed by atoms with Gasteiger partial charge in [0.15, 0.2) is 0 Å². The molecule has 0 amide bonds. The maximum absolute atomic E-state index is 10.8. The highest BCUT2D eigenvalue weighted by Gasteiger charge is 2.12. The van der Waals surface area contributed by atoms with Crippen LogP contribution in [0.2, 0.25) is 0 Å². The van der Waals surface area contributed by atoms with Crippen molar-refractivity contribution in [2.24, 2.45) is 0 Å². The third-order valence-electron chi connectivity index (χ3n) is 2.03. The van der Waals surface area contributed by atoms with Crippen molar-refractivity contribution in [2.45, 2.75) is 19.4 Å². The first-order valence-corrected chi connectivity index (χ1v) is 5.98. The van der Waals surface area contributed by atoms with Gasteiger partial charge in [0.25, 0.3) is 0 Å². The van der Waals surface area contributed by atoms with Gasteiger partial charge in [0.05, 0.1) is 6.54 Å². The molecule has 1 unspecified atom stereocenters. The Balaban J connectivity index is 2.59. The number of benzene rings is 1. The van der Waals surface area contributed by atoms with E-state index in [-0.39, 0.29) is 18.6 Å². The normalized spacial score (nSPS) is 12.2. The summed E-state index contributed by atoms with van der Waals surface area (Å²) in [6.07, 6.45) is 0.243. The monoisotopic (exact) mass is 335 g/mol. The van der Waals surface area contributed by atoms with E-state index in [9.17, 15) is 4.79 Å². The first kappa shape index (κ1) is 13.4. The van der Waals surface area contributed by atoms with E-state index >= 15 is 0 Å². The van der Waals surface area contributed by atoms with E-state index in [4.69, 9.17) is 9.94 Å².